The Morgan fingerprint density at radius 1 is 1.03 bits per heavy atom. The summed E-state index contributed by atoms with van der Waals surface area (Å²) in [6, 6.07) is 16.4. The SMILES string of the molecule is COc1cc(C2Nc3ccccc3C(=O)N2Cc2ccc3c(c2)OCO3)cc(OC)c1O. The van der Waals surface area contributed by atoms with Crippen LogP contribution in [0.2, 0.25) is 0 Å². The molecule has 0 spiro atoms. The molecule has 1 amide bonds. The number of methoxy groups -OCH3 is 2. The highest BCUT2D eigenvalue weighted by atomic mass is 16.7. The zero-order valence-corrected chi connectivity index (χ0v) is 17.6. The van der Waals surface area contributed by atoms with Gasteiger partial charge < -0.3 is 34.3 Å². The number of nitrogens with zero attached hydrogens (tertiary/aromatic N) is 1. The smallest absolute Gasteiger partial charge is 0.258 e. The number of carbonyl (C=O) groups excluding carboxylic acids is 1. The number of hydrogen-bond donors (Lipinski definition) is 2. The van der Waals surface area contributed by atoms with E-state index in [0.29, 0.717) is 29.2 Å². The predicted molar refractivity (Wildman–Crippen MR) is 116 cm³/mol. The molecule has 0 bridgehead atoms. The van der Waals surface area contributed by atoms with Crippen molar-refractivity contribution in [3.05, 3.63) is 71.3 Å². The Kier molecular flexibility index (Phi) is 4.89. The lowest BCUT2D eigenvalue weighted by atomic mass is 10.0. The molecule has 0 radical (unpaired) electrons. The molecule has 2 heterocycles. The van der Waals surface area contributed by atoms with E-state index in [1.807, 2.05) is 36.4 Å². The molecule has 0 saturated heterocycles. The Morgan fingerprint density at radius 2 is 1.75 bits per heavy atom. The summed E-state index contributed by atoms with van der Waals surface area (Å²) >= 11 is 0. The van der Waals surface area contributed by atoms with Gasteiger partial charge in [0.15, 0.2) is 23.0 Å². The van der Waals surface area contributed by atoms with Gasteiger partial charge in [0.05, 0.1) is 19.8 Å². The number of hydrogen-bond acceptors (Lipinski definition) is 7. The van der Waals surface area contributed by atoms with E-state index in [2.05, 4.69) is 5.32 Å². The van der Waals surface area contributed by atoms with Gasteiger partial charge in [-0.1, -0.05) is 18.2 Å². The summed E-state index contributed by atoms with van der Waals surface area (Å²) in [5.41, 5.74) is 2.92. The van der Waals surface area contributed by atoms with Crippen LogP contribution < -0.4 is 24.3 Å². The number of aromatic hydroxyl groups is 1. The number of benzene rings is 3. The minimum absolute atomic E-state index is 0.0939. The zero-order valence-electron chi connectivity index (χ0n) is 17.6. The van der Waals surface area contributed by atoms with E-state index in [-0.39, 0.29) is 29.9 Å². The van der Waals surface area contributed by atoms with E-state index in [9.17, 15) is 9.90 Å². The van der Waals surface area contributed by atoms with E-state index in [4.69, 9.17) is 18.9 Å². The standard InChI is InChI=1S/C24H22N2O6/c1-29-20-10-15(11-21(30-2)22(20)27)23-25-17-6-4-3-5-16(17)24(28)26(23)12-14-7-8-18-19(9-14)32-13-31-18/h3-11,23,25,27H,12-13H2,1-2H3. The van der Waals surface area contributed by atoms with Crippen LogP contribution in [0.3, 0.4) is 0 Å². The van der Waals surface area contributed by atoms with Crippen LogP contribution in [0.5, 0.6) is 28.7 Å². The second-order valence-electron chi connectivity index (χ2n) is 7.49. The number of nitrogens with one attached hydrogen (secondary N) is 1. The fraction of sp³-hybridized carbons (Fsp3) is 0.208. The fourth-order valence-electron chi connectivity index (χ4n) is 4.03. The maximum Gasteiger partial charge on any atom is 0.258 e. The molecule has 5 rings (SSSR count). The highest BCUT2D eigenvalue weighted by molar-refractivity contribution is 6.01. The number of para-hydroxylation sites is 1. The van der Waals surface area contributed by atoms with E-state index >= 15 is 0 Å². The van der Waals surface area contributed by atoms with Crippen LogP contribution in [0.25, 0.3) is 0 Å². The van der Waals surface area contributed by atoms with Crippen molar-refractivity contribution in [3.63, 3.8) is 0 Å². The molecule has 0 saturated carbocycles. The maximum absolute atomic E-state index is 13.5. The molecule has 0 fully saturated rings. The lowest BCUT2D eigenvalue weighted by Gasteiger charge is -2.38. The van der Waals surface area contributed by atoms with Crippen LogP contribution in [-0.2, 0) is 6.54 Å². The largest absolute Gasteiger partial charge is 0.502 e. The molecular weight excluding hydrogens is 412 g/mol. The molecule has 0 aliphatic carbocycles. The first-order chi connectivity index (χ1) is 15.6. The van der Waals surface area contributed by atoms with Crippen LogP contribution in [0.1, 0.15) is 27.7 Å². The quantitative estimate of drug-likeness (QED) is 0.629. The number of rotatable bonds is 5. The van der Waals surface area contributed by atoms with Crippen LogP contribution in [-0.4, -0.2) is 36.9 Å². The summed E-state index contributed by atoms with van der Waals surface area (Å²) in [4.78, 5) is 15.3. The molecule has 1 atom stereocenters. The van der Waals surface area contributed by atoms with Crippen molar-refractivity contribution in [1.82, 2.24) is 4.90 Å². The molecule has 8 nitrogen and oxygen atoms in total. The van der Waals surface area contributed by atoms with Gasteiger partial charge in [0.1, 0.15) is 6.17 Å². The van der Waals surface area contributed by atoms with Crippen molar-refractivity contribution in [3.8, 4) is 28.7 Å². The zero-order chi connectivity index (χ0) is 22.2. The topological polar surface area (TPSA) is 89.5 Å². The second kappa shape index (κ2) is 7.88. The van der Waals surface area contributed by atoms with Crippen molar-refractivity contribution in [2.24, 2.45) is 0 Å². The Balaban J connectivity index is 1.58. The van der Waals surface area contributed by atoms with Gasteiger partial charge in [-0.2, -0.15) is 0 Å². The van der Waals surface area contributed by atoms with Gasteiger partial charge in [-0.25, -0.2) is 0 Å². The number of fused-ring (bicyclic) bond motifs is 2. The van der Waals surface area contributed by atoms with Crippen LogP contribution in [0.4, 0.5) is 5.69 Å². The van der Waals surface area contributed by atoms with Crippen molar-refractivity contribution >= 4 is 11.6 Å². The molecule has 2 N–H and O–H groups in total. The average Bonchev–Trinajstić information content (AvgIpc) is 3.29. The fourth-order valence-corrected chi connectivity index (χ4v) is 4.03. The van der Waals surface area contributed by atoms with E-state index in [1.54, 1.807) is 23.1 Å². The second-order valence-corrected chi connectivity index (χ2v) is 7.49. The summed E-state index contributed by atoms with van der Waals surface area (Å²) in [7, 11) is 2.94. The van der Waals surface area contributed by atoms with Crippen molar-refractivity contribution in [1.29, 1.82) is 0 Å². The van der Waals surface area contributed by atoms with Crippen LogP contribution in [0, 0.1) is 0 Å². The minimum atomic E-state index is -0.522. The van der Waals surface area contributed by atoms with Gasteiger partial charge in [-0.05, 0) is 42.0 Å². The monoisotopic (exact) mass is 434 g/mol. The van der Waals surface area contributed by atoms with Gasteiger partial charge in [-0.3, -0.25) is 4.79 Å². The number of carbonyl (C=O) groups is 1. The van der Waals surface area contributed by atoms with Gasteiger partial charge >= 0.3 is 0 Å². The number of phenolic OH excluding ortho intramolecular Hbond substituents is 1. The number of ether oxygens (including phenoxy) is 4. The van der Waals surface area contributed by atoms with E-state index in [1.165, 1.54) is 14.2 Å². The third kappa shape index (κ3) is 3.30. The van der Waals surface area contributed by atoms with Gasteiger partial charge in [0.25, 0.3) is 5.91 Å². The molecule has 8 heteroatoms. The normalized spacial score (nSPS) is 16.4. The molecule has 2 aliphatic rings. The van der Waals surface area contributed by atoms with Gasteiger partial charge in [0.2, 0.25) is 12.5 Å². The van der Waals surface area contributed by atoms with Crippen molar-refractivity contribution < 1.29 is 28.8 Å². The predicted octanol–water partition coefficient (Wildman–Crippen LogP) is 3.90. The van der Waals surface area contributed by atoms with E-state index in [0.717, 1.165) is 11.3 Å². The van der Waals surface area contributed by atoms with Gasteiger partial charge in [-0.15, -0.1) is 0 Å². The summed E-state index contributed by atoms with van der Waals surface area (Å²) in [6.45, 7) is 0.513. The number of amides is 1. The molecule has 3 aromatic rings. The molecule has 0 aromatic heterocycles. The summed E-state index contributed by atoms with van der Waals surface area (Å²) in [5.74, 6) is 1.65. The first-order valence-corrected chi connectivity index (χ1v) is 10.1. The third-order valence-electron chi connectivity index (χ3n) is 5.63. The molecule has 164 valence electrons. The maximum atomic E-state index is 13.5. The summed E-state index contributed by atoms with van der Waals surface area (Å²) in [6.07, 6.45) is -0.522. The highest BCUT2D eigenvalue weighted by Crippen LogP contribution is 2.42. The number of phenols is 1. The van der Waals surface area contributed by atoms with Crippen LogP contribution in [0.15, 0.2) is 54.6 Å². The Morgan fingerprint density at radius 3 is 2.50 bits per heavy atom. The highest BCUT2D eigenvalue weighted by Gasteiger charge is 2.34. The van der Waals surface area contributed by atoms with Crippen molar-refractivity contribution in [2.45, 2.75) is 12.7 Å². The van der Waals surface area contributed by atoms with E-state index < -0.39 is 6.17 Å². The van der Waals surface area contributed by atoms with Gasteiger partial charge in [0, 0.05) is 17.8 Å². The first kappa shape index (κ1) is 19.9. The lowest BCUT2D eigenvalue weighted by molar-refractivity contribution is 0.0666. The average molecular weight is 434 g/mol. The first-order valence-electron chi connectivity index (χ1n) is 10.1. The summed E-state index contributed by atoms with van der Waals surface area (Å²) < 4.78 is 21.5. The Hall–Kier alpha value is -4.07. The third-order valence-corrected chi connectivity index (χ3v) is 5.63. The minimum Gasteiger partial charge on any atom is -0.502 e. The van der Waals surface area contributed by atoms with Crippen LogP contribution >= 0.6 is 0 Å². The molecule has 1 unspecified atom stereocenters. The lowest BCUT2D eigenvalue weighted by Crippen LogP contribution is -2.42. The Labute approximate surface area is 184 Å². The number of anilines is 1. The molecule has 2 aliphatic heterocycles. The molecule has 32 heavy (non-hydrogen) atoms. The molecule has 3 aromatic carbocycles. The van der Waals surface area contributed by atoms with Crippen molar-refractivity contribution in [2.75, 3.05) is 26.3 Å². The molecular formula is C24H22N2O6. The summed E-state index contributed by atoms with van der Waals surface area (Å²) in [5, 5.41) is 13.8. The Bertz CT molecular complexity index is 1170.